The van der Waals surface area contributed by atoms with Crippen LogP contribution in [0.2, 0.25) is 0 Å². The molecule has 4 nitrogen and oxygen atoms in total. The highest BCUT2D eigenvalue weighted by Crippen LogP contribution is 2.60. The van der Waals surface area contributed by atoms with Gasteiger partial charge in [0, 0.05) is 30.6 Å². The highest BCUT2D eigenvalue weighted by molar-refractivity contribution is 5.92. The van der Waals surface area contributed by atoms with E-state index in [4.69, 9.17) is 0 Å². The van der Waals surface area contributed by atoms with Gasteiger partial charge in [-0.1, -0.05) is 12.1 Å². The van der Waals surface area contributed by atoms with Crippen molar-refractivity contribution in [3.8, 4) is 0 Å². The number of rotatable bonds is 4. The standard InChI is InChI=1S/C26H34N2O2/c29-24(20-7-9-28(10-8-20)25(30)21-1-2-21)27-23-5-3-22(4-6-23)26-14-17-11-18(15-26)13-19(12-17)16-26/h3-6,17-21H,1-2,7-16H2,(H,27,29). The van der Waals surface area contributed by atoms with Crippen molar-refractivity contribution in [2.45, 2.75) is 69.6 Å². The molecule has 7 rings (SSSR count). The van der Waals surface area contributed by atoms with Crippen LogP contribution in [0.3, 0.4) is 0 Å². The summed E-state index contributed by atoms with van der Waals surface area (Å²) >= 11 is 0. The van der Waals surface area contributed by atoms with Crippen LogP contribution in [0.15, 0.2) is 24.3 Å². The fourth-order valence-corrected chi connectivity index (χ4v) is 7.57. The fraction of sp³-hybridized carbons (Fsp3) is 0.692. The second kappa shape index (κ2) is 7.10. The predicted molar refractivity (Wildman–Crippen MR) is 117 cm³/mol. The van der Waals surface area contributed by atoms with Gasteiger partial charge >= 0.3 is 0 Å². The van der Waals surface area contributed by atoms with Crippen LogP contribution < -0.4 is 5.32 Å². The zero-order valence-corrected chi connectivity index (χ0v) is 17.9. The second-order valence-corrected chi connectivity index (χ2v) is 11.1. The summed E-state index contributed by atoms with van der Waals surface area (Å²) < 4.78 is 0. The number of benzene rings is 1. The third kappa shape index (κ3) is 3.36. The summed E-state index contributed by atoms with van der Waals surface area (Å²) in [6, 6.07) is 8.83. The number of nitrogens with zero attached hydrogens (tertiary/aromatic N) is 1. The largest absolute Gasteiger partial charge is 0.342 e. The maximum absolute atomic E-state index is 12.8. The van der Waals surface area contributed by atoms with Crippen molar-refractivity contribution in [1.82, 2.24) is 4.90 Å². The fourth-order valence-electron chi connectivity index (χ4n) is 7.57. The molecular formula is C26H34N2O2. The van der Waals surface area contributed by atoms with Crippen LogP contribution >= 0.6 is 0 Å². The smallest absolute Gasteiger partial charge is 0.227 e. The van der Waals surface area contributed by atoms with Crippen LogP contribution in [0.4, 0.5) is 5.69 Å². The second-order valence-electron chi connectivity index (χ2n) is 11.1. The van der Waals surface area contributed by atoms with E-state index < -0.39 is 0 Å². The third-order valence-electron chi connectivity index (χ3n) is 8.91. The summed E-state index contributed by atoms with van der Waals surface area (Å²) in [6.07, 6.45) is 12.2. The van der Waals surface area contributed by atoms with Gasteiger partial charge in [0.15, 0.2) is 0 Å². The van der Waals surface area contributed by atoms with E-state index in [1.165, 1.54) is 44.1 Å². The number of nitrogens with one attached hydrogen (secondary N) is 1. The van der Waals surface area contributed by atoms with E-state index in [2.05, 4.69) is 29.6 Å². The Balaban J connectivity index is 1.07. The van der Waals surface area contributed by atoms with Crippen molar-refractivity contribution >= 4 is 17.5 Å². The van der Waals surface area contributed by atoms with Crippen LogP contribution in [0, 0.1) is 29.6 Å². The average Bonchev–Trinajstić information content (AvgIpc) is 3.58. The molecule has 160 valence electrons. The first-order valence-corrected chi connectivity index (χ1v) is 12.3. The number of anilines is 1. The maximum atomic E-state index is 12.8. The molecule has 1 aromatic rings. The van der Waals surface area contributed by atoms with E-state index >= 15 is 0 Å². The molecule has 30 heavy (non-hydrogen) atoms. The summed E-state index contributed by atoms with van der Waals surface area (Å²) in [5.74, 6) is 3.60. The lowest BCUT2D eigenvalue weighted by Crippen LogP contribution is -2.48. The van der Waals surface area contributed by atoms with E-state index in [-0.39, 0.29) is 17.7 Å². The van der Waals surface area contributed by atoms with Crippen molar-refractivity contribution in [3.05, 3.63) is 29.8 Å². The van der Waals surface area contributed by atoms with Crippen molar-refractivity contribution in [2.24, 2.45) is 29.6 Å². The lowest BCUT2D eigenvalue weighted by molar-refractivity contribution is -0.135. The van der Waals surface area contributed by atoms with E-state index in [9.17, 15) is 9.59 Å². The summed E-state index contributed by atoms with van der Waals surface area (Å²) in [7, 11) is 0. The summed E-state index contributed by atoms with van der Waals surface area (Å²) in [5.41, 5.74) is 2.84. The first kappa shape index (κ1) is 18.9. The molecule has 5 saturated carbocycles. The molecule has 1 N–H and O–H groups in total. The molecule has 0 radical (unpaired) electrons. The number of carbonyl (C=O) groups excluding carboxylic acids is 2. The van der Waals surface area contributed by atoms with Crippen LogP contribution in [-0.4, -0.2) is 29.8 Å². The quantitative estimate of drug-likeness (QED) is 0.785. The average molecular weight is 407 g/mol. The SMILES string of the molecule is O=C(Nc1ccc(C23CC4CC(CC(C4)C2)C3)cc1)C1CCN(C(=O)C2CC2)CC1. The number of hydrogen-bond donors (Lipinski definition) is 1. The highest BCUT2D eigenvalue weighted by Gasteiger charge is 2.51. The Kier molecular flexibility index (Phi) is 4.47. The van der Waals surface area contributed by atoms with Crippen LogP contribution in [0.5, 0.6) is 0 Å². The number of likely N-dealkylation sites (tertiary alicyclic amines) is 1. The summed E-state index contributed by atoms with van der Waals surface area (Å²) in [6.45, 7) is 1.47. The Morgan fingerprint density at radius 3 is 1.90 bits per heavy atom. The molecule has 1 saturated heterocycles. The van der Waals surface area contributed by atoms with Gasteiger partial charge < -0.3 is 10.2 Å². The molecule has 6 aliphatic rings. The lowest BCUT2D eigenvalue weighted by Gasteiger charge is -2.57. The molecular weight excluding hydrogens is 372 g/mol. The van der Waals surface area contributed by atoms with Crippen molar-refractivity contribution in [1.29, 1.82) is 0 Å². The number of hydrogen-bond acceptors (Lipinski definition) is 2. The minimum atomic E-state index is 0.0242. The van der Waals surface area contributed by atoms with Gasteiger partial charge in [-0.25, -0.2) is 0 Å². The molecule has 0 atom stereocenters. The Morgan fingerprint density at radius 2 is 1.37 bits per heavy atom. The Morgan fingerprint density at radius 1 is 0.800 bits per heavy atom. The number of piperidine rings is 1. The van der Waals surface area contributed by atoms with Gasteiger partial charge in [-0.05, 0) is 105 Å². The van der Waals surface area contributed by atoms with Gasteiger partial charge in [-0.15, -0.1) is 0 Å². The number of carbonyl (C=O) groups is 2. The monoisotopic (exact) mass is 406 g/mol. The molecule has 0 spiro atoms. The first-order chi connectivity index (χ1) is 14.6. The molecule has 5 aliphatic carbocycles. The molecule has 6 fully saturated rings. The minimum absolute atomic E-state index is 0.0242. The molecule has 4 bridgehead atoms. The normalized spacial score (nSPS) is 35.5. The summed E-state index contributed by atoms with van der Waals surface area (Å²) in [4.78, 5) is 27.0. The Hall–Kier alpha value is -1.84. The lowest BCUT2D eigenvalue weighted by atomic mass is 9.48. The number of amides is 2. The summed E-state index contributed by atoms with van der Waals surface area (Å²) in [5, 5.41) is 3.15. The molecule has 0 unspecified atom stereocenters. The maximum Gasteiger partial charge on any atom is 0.227 e. The van der Waals surface area contributed by atoms with Crippen molar-refractivity contribution in [2.75, 3.05) is 18.4 Å². The zero-order valence-electron chi connectivity index (χ0n) is 17.9. The van der Waals surface area contributed by atoms with Gasteiger partial charge in [0.25, 0.3) is 0 Å². The molecule has 0 aromatic heterocycles. The van der Waals surface area contributed by atoms with Gasteiger partial charge in [0.2, 0.25) is 11.8 Å². The first-order valence-electron chi connectivity index (χ1n) is 12.3. The van der Waals surface area contributed by atoms with Crippen LogP contribution in [0.25, 0.3) is 0 Å². The molecule has 2 amide bonds. The van der Waals surface area contributed by atoms with Crippen molar-refractivity contribution in [3.63, 3.8) is 0 Å². The van der Waals surface area contributed by atoms with E-state index in [1.54, 1.807) is 0 Å². The molecule has 1 aliphatic heterocycles. The van der Waals surface area contributed by atoms with E-state index in [0.29, 0.717) is 11.3 Å². The van der Waals surface area contributed by atoms with Gasteiger partial charge in [0.05, 0.1) is 0 Å². The van der Waals surface area contributed by atoms with Gasteiger partial charge in [-0.3, -0.25) is 9.59 Å². The van der Waals surface area contributed by atoms with E-state index in [0.717, 1.165) is 62.2 Å². The van der Waals surface area contributed by atoms with Gasteiger partial charge in [-0.2, -0.15) is 0 Å². The molecule has 4 heteroatoms. The van der Waals surface area contributed by atoms with Gasteiger partial charge in [0.1, 0.15) is 0 Å². The Labute approximate surface area is 179 Å². The van der Waals surface area contributed by atoms with Crippen LogP contribution in [0.1, 0.15) is 69.8 Å². The predicted octanol–water partition coefficient (Wildman–Crippen LogP) is 4.74. The van der Waals surface area contributed by atoms with E-state index in [1.807, 2.05) is 4.90 Å². The minimum Gasteiger partial charge on any atom is -0.342 e. The molecule has 1 heterocycles. The molecule has 1 aromatic carbocycles. The highest BCUT2D eigenvalue weighted by atomic mass is 16.2. The third-order valence-corrected chi connectivity index (χ3v) is 8.91. The van der Waals surface area contributed by atoms with Crippen molar-refractivity contribution < 1.29 is 9.59 Å². The topological polar surface area (TPSA) is 49.4 Å². The van der Waals surface area contributed by atoms with Crippen LogP contribution in [-0.2, 0) is 15.0 Å². The zero-order chi connectivity index (χ0) is 20.3. The Bertz CT molecular complexity index is 798.